The number of hydrogen-bond acceptors (Lipinski definition) is 4. The van der Waals surface area contributed by atoms with Crippen molar-refractivity contribution in [3.05, 3.63) is 47.1 Å². The Kier molecular flexibility index (Phi) is 4.77. The maximum atomic E-state index is 13.5. The molecule has 0 saturated heterocycles. The summed E-state index contributed by atoms with van der Waals surface area (Å²) in [4.78, 5) is 12.5. The molecule has 0 fully saturated rings. The fourth-order valence-corrected chi connectivity index (χ4v) is 3.12. The molecular formula is C14H11FN2OS2. The van der Waals surface area contributed by atoms with Crippen LogP contribution in [0.1, 0.15) is 12.5 Å². The van der Waals surface area contributed by atoms with Gasteiger partial charge < -0.3 is 5.32 Å². The Morgan fingerprint density at radius 1 is 1.45 bits per heavy atom. The Bertz CT molecular complexity index is 663. The fraction of sp³-hybridized carbons (Fsp3) is 0.143. The van der Waals surface area contributed by atoms with Gasteiger partial charge in [-0.2, -0.15) is 5.26 Å². The van der Waals surface area contributed by atoms with Gasteiger partial charge in [0.25, 0.3) is 0 Å². The summed E-state index contributed by atoms with van der Waals surface area (Å²) in [6, 6.07) is 9.98. The first-order valence-corrected chi connectivity index (χ1v) is 7.57. The first-order chi connectivity index (χ1) is 9.61. The Morgan fingerprint density at radius 3 is 2.90 bits per heavy atom. The number of anilines is 1. The van der Waals surface area contributed by atoms with Crippen LogP contribution >= 0.6 is 23.1 Å². The molecule has 1 amide bonds. The van der Waals surface area contributed by atoms with Gasteiger partial charge in [-0.25, -0.2) is 4.39 Å². The Morgan fingerprint density at radius 2 is 2.20 bits per heavy atom. The van der Waals surface area contributed by atoms with E-state index in [2.05, 4.69) is 5.32 Å². The van der Waals surface area contributed by atoms with Crippen molar-refractivity contribution >= 4 is 34.0 Å². The average Bonchev–Trinajstić information content (AvgIpc) is 2.88. The third kappa shape index (κ3) is 3.38. The van der Waals surface area contributed by atoms with Crippen molar-refractivity contribution in [1.29, 1.82) is 5.26 Å². The summed E-state index contributed by atoms with van der Waals surface area (Å²) in [6.07, 6.45) is 0. The highest BCUT2D eigenvalue weighted by Crippen LogP contribution is 2.28. The van der Waals surface area contributed by atoms with E-state index in [1.165, 1.54) is 17.4 Å². The van der Waals surface area contributed by atoms with Gasteiger partial charge in [0.2, 0.25) is 5.91 Å². The second-order valence-electron chi connectivity index (χ2n) is 3.95. The summed E-state index contributed by atoms with van der Waals surface area (Å²) < 4.78 is 13.5. The first kappa shape index (κ1) is 14.6. The minimum atomic E-state index is -0.458. The van der Waals surface area contributed by atoms with Gasteiger partial charge in [-0.1, -0.05) is 12.1 Å². The summed E-state index contributed by atoms with van der Waals surface area (Å²) in [5, 5.41) is 13.4. The molecule has 1 N–H and O–H groups in total. The van der Waals surface area contributed by atoms with Crippen molar-refractivity contribution in [2.75, 3.05) is 5.32 Å². The molecule has 0 spiro atoms. The number of thiophene rings is 1. The van der Waals surface area contributed by atoms with Gasteiger partial charge in [0, 0.05) is 4.90 Å². The highest BCUT2D eigenvalue weighted by Gasteiger charge is 2.18. The van der Waals surface area contributed by atoms with Crippen molar-refractivity contribution < 1.29 is 9.18 Å². The molecule has 20 heavy (non-hydrogen) atoms. The summed E-state index contributed by atoms with van der Waals surface area (Å²) in [6.45, 7) is 1.70. The number of carbonyl (C=O) groups excluding carboxylic acids is 1. The lowest BCUT2D eigenvalue weighted by Gasteiger charge is -2.11. The van der Waals surface area contributed by atoms with Crippen LogP contribution in [0.4, 0.5) is 9.39 Å². The van der Waals surface area contributed by atoms with E-state index in [4.69, 9.17) is 5.26 Å². The van der Waals surface area contributed by atoms with E-state index in [-0.39, 0.29) is 11.7 Å². The SMILES string of the molecule is C[C@@H](Sc1ccccc1F)C(=O)Nc1sccc1C#N. The van der Waals surface area contributed by atoms with E-state index in [0.717, 1.165) is 11.8 Å². The smallest absolute Gasteiger partial charge is 0.238 e. The van der Waals surface area contributed by atoms with Crippen molar-refractivity contribution in [3.63, 3.8) is 0 Å². The highest BCUT2D eigenvalue weighted by molar-refractivity contribution is 8.00. The maximum Gasteiger partial charge on any atom is 0.238 e. The number of thioether (sulfide) groups is 1. The first-order valence-electron chi connectivity index (χ1n) is 5.81. The number of hydrogen-bond donors (Lipinski definition) is 1. The largest absolute Gasteiger partial charge is 0.316 e. The van der Waals surface area contributed by atoms with Crippen LogP contribution in [0.5, 0.6) is 0 Å². The molecule has 0 aliphatic rings. The van der Waals surface area contributed by atoms with E-state index >= 15 is 0 Å². The van der Waals surface area contributed by atoms with Gasteiger partial charge in [0.05, 0.1) is 10.8 Å². The van der Waals surface area contributed by atoms with E-state index in [1.807, 2.05) is 6.07 Å². The number of nitrogens with zero attached hydrogens (tertiary/aromatic N) is 1. The maximum absolute atomic E-state index is 13.5. The summed E-state index contributed by atoms with van der Waals surface area (Å²) in [5.74, 6) is -0.594. The van der Waals surface area contributed by atoms with Gasteiger partial charge in [-0.15, -0.1) is 23.1 Å². The van der Waals surface area contributed by atoms with Crippen molar-refractivity contribution in [1.82, 2.24) is 0 Å². The molecule has 0 saturated carbocycles. The number of amides is 1. The van der Waals surface area contributed by atoms with E-state index in [1.54, 1.807) is 36.6 Å². The van der Waals surface area contributed by atoms with Gasteiger partial charge in [-0.05, 0) is 30.5 Å². The van der Waals surface area contributed by atoms with Gasteiger partial charge in [0.15, 0.2) is 0 Å². The van der Waals surface area contributed by atoms with Gasteiger partial charge >= 0.3 is 0 Å². The second-order valence-corrected chi connectivity index (χ2v) is 6.25. The molecule has 1 aromatic carbocycles. The third-order valence-corrected chi connectivity index (χ3v) is 4.51. The minimum Gasteiger partial charge on any atom is -0.316 e. The Balaban J connectivity index is 2.03. The number of nitriles is 1. The Labute approximate surface area is 124 Å². The molecule has 0 aliphatic carbocycles. The molecule has 102 valence electrons. The zero-order valence-electron chi connectivity index (χ0n) is 10.6. The van der Waals surface area contributed by atoms with E-state index in [0.29, 0.717) is 15.5 Å². The zero-order valence-corrected chi connectivity index (χ0v) is 12.2. The minimum absolute atomic E-state index is 0.253. The molecule has 3 nitrogen and oxygen atoms in total. The number of halogens is 1. The van der Waals surface area contributed by atoms with Crippen molar-refractivity contribution in [2.24, 2.45) is 0 Å². The summed E-state index contributed by atoms with van der Waals surface area (Å²) in [7, 11) is 0. The van der Waals surface area contributed by atoms with Crippen LogP contribution in [-0.4, -0.2) is 11.2 Å². The van der Waals surface area contributed by atoms with Gasteiger partial charge in [-0.3, -0.25) is 4.79 Å². The molecule has 0 bridgehead atoms. The summed E-state index contributed by atoms with van der Waals surface area (Å²) >= 11 is 2.44. The normalized spacial score (nSPS) is 11.7. The predicted molar refractivity (Wildman–Crippen MR) is 79.4 cm³/mol. The zero-order chi connectivity index (χ0) is 14.5. The number of benzene rings is 1. The molecule has 2 aromatic rings. The fourth-order valence-electron chi connectivity index (χ4n) is 1.49. The molecule has 2 rings (SSSR count). The number of carbonyl (C=O) groups is 1. The molecule has 0 aliphatic heterocycles. The van der Waals surface area contributed by atoms with Crippen LogP contribution in [0.2, 0.25) is 0 Å². The second kappa shape index (κ2) is 6.55. The van der Waals surface area contributed by atoms with Crippen LogP contribution in [0, 0.1) is 17.1 Å². The predicted octanol–water partition coefficient (Wildman–Crippen LogP) is 3.88. The van der Waals surface area contributed by atoms with Crippen LogP contribution in [0.25, 0.3) is 0 Å². The molecule has 1 aromatic heterocycles. The number of nitrogens with one attached hydrogen (secondary N) is 1. The topological polar surface area (TPSA) is 52.9 Å². The average molecular weight is 306 g/mol. The lowest BCUT2D eigenvalue weighted by Crippen LogP contribution is -2.22. The van der Waals surface area contributed by atoms with Crippen LogP contribution < -0.4 is 5.32 Å². The van der Waals surface area contributed by atoms with Crippen LogP contribution in [0.15, 0.2) is 40.6 Å². The third-order valence-electron chi connectivity index (χ3n) is 2.53. The standard InChI is InChI=1S/C14H11FN2OS2/c1-9(20-12-5-3-2-4-11(12)15)13(18)17-14-10(8-16)6-7-19-14/h2-7,9H,1H3,(H,17,18)/t9-/m1/s1. The van der Waals surface area contributed by atoms with Crippen molar-refractivity contribution in [2.45, 2.75) is 17.1 Å². The van der Waals surface area contributed by atoms with E-state index in [9.17, 15) is 9.18 Å². The van der Waals surface area contributed by atoms with Crippen LogP contribution in [-0.2, 0) is 4.79 Å². The monoisotopic (exact) mass is 306 g/mol. The van der Waals surface area contributed by atoms with Crippen molar-refractivity contribution in [3.8, 4) is 6.07 Å². The quantitative estimate of drug-likeness (QED) is 0.872. The lowest BCUT2D eigenvalue weighted by molar-refractivity contribution is -0.115. The lowest BCUT2D eigenvalue weighted by atomic mass is 10.3. The Hall–Kier alpha value is -1.84. The summed E-state index contributed by atoms with van der Waals surface area (Å²) in [5.41, 5.74) is 0.437. The molecular weight excluding hydrogens is 295 g/mol. The van der Waals surface area contributed by atoms with Crippen LogP contribution in [0.3, 0.4) is 0 Å². The molecule has 0 radical (unpaired) electrons. The molecule has 6 heteroatoms. The molecule has 0 unspecified atom stereocenters. The van der Waals surface area contributed by atoms with E-state index < -0.39 is 5.25 Å². The van der Waals surface area contributed by atoms with Gasteiger partial charge in [0.1, 0.15) is 16.9 Å². The highest BCUT2D eigenvalue weighted by atomic mass is 32.2. The molecule has 1 atom stereocenters. The number of rotatable bonds is 4. The molecule has 1 heterocycles.